The Bertz CT molecular complexity index is 194. The van der Waals surface area contributed by atoms with Crippen molar-refractivity contribution in [2.75, 3.05) is 13.2 Å². The number of nitrogens with two attached hydrogens (primary N) is 1. The van der Waals surface area contributed by atoms with Gasteiger partial charge >= 0.3 is 6.18 Å². The monoisotopic (exact) mass is 226 g/mol. The molecule has 0 rings (SSSR count). The van der Waals surface area contributed by atoms with Crippen LogP contribution >= 0.6 is 0 Å². The van der Waals surface area contributed by atoms with Crippen molar-refractivity contribution in [3.63, 3.8) is 0 Å². The lowest BCUT2D eigenvalue weighted by molar-refractivity contribution is -0.175. The zero-order valence-electron chi connectivity index (χ0n) is 8.73. The van der Waals surface area contributed by atoms with Gasteiger partial charge in [0.15, 0.2) is 0 Å². The summed E-state index contributed by atoms with van der Waals surface area (Å²) < 4.78 is 39.7. The number of allylic oxidation sites excluding steroid dienone is 1. The minimum absolute atomic E-state index is 0.0523. The van der Waals surface area contributed by atoms with Gasteiger partial charge in [-0.05, 0) is 19.8 Å². The number of hydrogen-bond acceptors (Lipinski definition) is 3. The minimum Gasteiger partial charge on any atom is -0.370 e. The van der Waals surface area contributed by atoms with Gasteiger partial charge in [-0.2, -0.15) is 13.2 Å². The lowest BCUT2D eigenvalue weighted by Crippen LogP contribution is -2.39. The molecule has 0 aromatic carbocycles. The molecule has 0 aromatic heterocycles. The van der Waals surface area contributed by atoms with E-state index >= 15 is 0 Å². The van der Waals surface area contributed by atoms with Crippen LogP contribution in [0.1, 0.15) is 19.8 Å². The van der Waals surface area contributed by atoms with E-state index in [4.69, 9.17) is 5.84 Å². The third kappa shape index (κ3) is 9.71. The molecule has 1 unspecified atom stereocenters. The van der Waals surface area contributed by atoms with Crippen LogP contribution in [0.25, 0.3) is 0 Å². The van der Waals surface area contributed by atoms with Gasteiger partial charge in [0.05, 0.1) is 6.61 Å². The highest BCUT2D eigenvalue weighted by molar-refractivity contribution is 4.88. The van der Waals surface area contributed by atoms with Crippen molar-refractivity contribution >= 4 is 0 Å². The van der Waals surface area contributed by atoms with Gasteiger partial charge in [-0.25, -0.2) is 0 Å². The normalized spacial score (nSPS) is 13.9. The molecule has 0 spiro atoms. The first kappa shape index (κ1) is 14.4. The second-order valence-electron chi connectivity index (χ2n) is 3.49. The Labute approximate surface area is 87.4 Å². The number of nitrogens with one attached hydrogen (secondary N) is 1. The fraction of sp³-hybridized carbons (Fsp3) is 0.778. The average Bonchev–Trinajstić information content (AvgIpc) is 2.08. The highest BCUT2D eigenvalue weighted by atomic mass is 19.4. The van der Waals surface area contributed by atoms with E-state index in [-0.39, 0.29) is 12.6 Å². The molecule has 0 heterocycles. The molecule has 0 aliphatic rings. The van der Waals surface area contributed by atoms with E-state index in [0.717, 1.165) is 5.57 Å². The first-order chi connectivity index (χ1) is 6.85. The van der Waals surface area contributed by atoms with Gasteiger partial charge < -0.3 is 4.74 Å². The van der Waals surface area contributed by atoms with Gasteiger partial charge in [0.2, 0.25) is 0 Å². The molecule has 0 saturated heterocycles. The lowest BCUT2D eigenvalue weighted by Gasteiger charge is -2.16. The van der Waals surface area contributed by atoms with E-state index in [2.05, 4.69) is 16.7 Å². The Kier molecular flexibility index (Phi) is 6.55. The first-order valence-electron chi connectivity index (χ1n) is 4.60. The summed E-state index contributed by atoms with van der Waals surface area (Å²) in [6.45, 7) is 4.25. The van der Waals surface area contributed by atoms with Crippen molar-refractivity contribution < 1.29 is 17.9 Å². The van der Waals surface area contributed by atoms with Gasteiger partial charge in [-0.15, -0.1) is 6.58 Å². The van der Waals surface area contributed by atoms with E-state index in [1.165, 1.54) is 0 Å². The number of ether oxygens (including phenoxy) is 1. The summed E-state index contributed by atoms with van der Waals surface area (Å²) in [5, 5.41) is 0. The average molecular weight is 226 g/mol. The molecule has 3 N–H and O–H groups in total. The Hall–Kier alpha value is -0.590. The first-order valence-corrected chi connectivity index (χ1v) is 4.60. The third-order valence-electron chi connectivity index (χ3n) is 1.74. The molecule has 0 aromatic rings. The van der Waals surface area contributed by atoms with Crippen molar-refractivity contribution in [1.29, 1.82) is 0 Å². The second kappa shape index (κ2) is 6.81. The molecule has 0 bridgehead atoms. The molecule has 0 saturated carbocycles. The summed E-state index contributed by atoms with van der Waals surface area (Å²) >= 11 is 0. The van der Waals surface area contributed by atoms with Gasteiger partial charge in [0, 0.05) is 6.04 Å². The van der Waals surface area contributed by atoms with Gasteiger partial charge in [0.25, 0.3) is 0 Å². The highest BCUT2D eigenvalue weighted by Gasteiger charge is 2.27. The molecule has 1 atom stereocenters. The van der Waals surface area contributed by atoms with Crippen molar-refractivity contribution in [3.8, 4) is 0 Å². The topological polar surface area (TPSA) is 47.3 Å². The number of rotatable bonds is 7. The molecule has 0 radical (unpaired) electrons. The Morgan fingerprint density at radius 3 is 2.53 bits per heavy atom. The SMILES string of the molecule is C=C(C)CCC(COCC(F)(F)F)NN. The van der Waals surface area contributed by atoms with Crippen LogP contribution in [0.2, 0.25) is 0 Å². The van der Waals surface area contributed by atoms with Crippen molar-refractivity contribution in [3.05, 3.63) is 12.2 Å². The largest absolute Gasteiger partial charge is 0.411 e. The molecular formula is C9H17F3N2O. The van der Waals surface area contributed by atoms with E-state index in [1.807, 2.05) is 6.92 Å². The minimum atomic E-state index is -4.28. The molecule has 0 amide bonds. The van der Waals surface area contributed by atoms with Gasteiger partial charge in [-0.1, -0.05) is 5.57 Å². The summed E-state index contributed by atoms with van der Waals surface area (Å²) in [4.78, 5) is 0. The molecule has 6 heteroatoms. The van der Waals surface area contributed by atoms with E-state index in [1.54, 1.807) is 0 Å². The van der Waals surface area contributed by atoms with E-state index in [9.17, 15) is 13.2 Å². The molecule has 0 fully saturated rings. The second-order valence-corrected chi connectivity index (χ2v) is 3.49. The van der Waals surface area contributed by atoms with Crippen LogP contribution in [0.3, 0.4) is 0 Å². The van der Waals surface area contributed by atoms with Crippen LogP contribution in [0.4, 0.5) is 13.2 Å². The van der Waals surface area contributed by atoms with E-state index in [0.29, 0.717) is 12.8 Å². The predicted molar refractivity (Wildman–Crippen MR) is 52.0 cm³/mol. The van der Waals surface area contributed by atoms with Crippen molar-refractivity contribution in [1.82, 2.24) is 5.43 Å². The maximum Gasteiger partial charge on any atom is 0.411 e. The molecular weight excluding hydrogens is 209 g/mol. The molecule has 3 nitrogen and oxygen atoms in total. The van der Waals surface area contributed by atoms with Crippen LogP contribution in [-0.2, 0) is 4.74 Å². The molecule has 0 aliphatic carbocycles. The fourth-order valence-electron chi connectivity index (χ4n) is 0.952. The Morgan fingerprint density at radius 2 is 2.13 bits per heavy atom. The van der Waals surface area contributed by atoms with Crippen LogP contribution in [0.5, 0.6) is 0 Å². The van der Waals surface area contributed by atoms with Crippen LogP contribution in [0, 0.1) is 0 Å². The Balaban J connectivity index is 3.66. The molecule has 0 aliphatic heterocycles. The number of hydrazine groups is 1. The standard InChI is InChI=1S/C9H17F3N2O/c1-7(2)3-4-8(14-13)5-15-6-9(10,11)12/h8,14H,1,3-6,13H2,2H3. The summed E-state index contributed by atoms with van der Waals surface area (Å²) in [5.74, 6) is 5.17. The van der Waals surface area contributed by atoms with Crippen LogP contribution < -0.4 is 11.3 Å². The van der Waals surface area contributed by atoms with Crippen molar-refractivity contribution in [2.45, 2.75) is 32.0 Å². The maximum absolute atomic E-state index is 11.7. The maximum atomic E-state index is 11.7. The van der Waals surface area contributed by atoms with Crippen LogP contribution in [-0.4, -0.2) is 25.4 Å². The molecule has 90 valence electrons. The lowest BCUT2D eigenvalue weighted by atomic mass is 10.1. The van der Waals surface area contributed by atoms with Crippen molar-refractivity contribution in [2.24, 2.45) is 5.84 Å². The number of hydrogen-bond donors (Lipinski definition) is 2. The fourth-order valence-corrected chi connectivity index (χ4v) is 0.952. The third-order valence-corrected chi connectivity index (χ3v) is 1.74. The number of halogens is 3. The summed E-state index contributed by atoms with van der Waals surface area (Å²) in [6, 6.07) is -0.274. The zero-order valence-corrected chi connectivity index (χ0v) is 8.73. The van der Waals surface area contributed by atoms with Gasteiger partial charge in [-0.3, -0.25) is 11.3 Å². The Morgan fingerprint density at radius 1 is 1.53 bits per heavy atom. The smallest absolute Gasteiger partial charge is 0.370 e. The molecule has 15 heavy (non-hydrogen) atoms. The van der Waals surface area contributed by atoms with Gasteiger partial charge in [0.1, 0.15) is 6.61 Å². The zero-order chi connectivity index (χ0) is 11.9. The summed E-state index contributed by atoms with van der Waals surface area (Å²) in [5.41, 5.74) is 3.37. The summed E-state index contributed by atoms with van der Waals surface area (Å²) in [6.07, 6.45) is -2.96. The van der Waals surface area contributed by atoms with E-state index < -0.39 is 12.8 Å². The highest BCUT2D eigenvalue weighted by Crippen LogP contribution is 2.14. The summed E-state index contributed by atoms with van der Waals surface area (Å²) in [7, 11) is 0. The predicted octanol–water partition coefficient (Wildman–Crippen LogP) is 1.75. The number of alkyl halides is 3. The van der Waals surface area contributed by atoms with Crippen LogP contribution in [0.15, 0.2) is 12.2 Å². The quantitative estimate of drug-likeness (QED) is 0.395.